The Balaban J connectivity index is 1.33. The second-order valence-electron chi connectivity index (χ2n) is 10.9. The fraction of sp³-hybridized carbons (Fsp3) is 0.278. The van der Waals surface area contributed by atoms with Gasteiger partial charge in [-0.15, -0.1) is 11.8 Å². The highest BCUT2D eigenvalue weighted by molar-refractivity contribution is 7.99. The molecule has 0 bridgehead atoms. The van der Waals surface area contributed by atoms with Crippen molar-refractivity contribution in [1.82, 2.24) is 10.6 Å². The molecule has 0 spiro atoms. The SMILES string of the molecule is CCNC(=O)NCc1cccc(-c2cccc([C@H]3O[C@@H](CSc4ccc(NC(C)=O)cc4)C[C@@H](c4ccc(CO)cc4)O3)c2)c1. The topological polar surface area (TPSA) is 109 Å². The van der Waals surface area contributed by atoms with Gasteiger partial charge in [-0.25, -0.2) is 4.79 Å². The molecule has 45 heavy (non-hydrogen) atoms. The third-order valence-corrected chi connectivity index (χ3v) is 8.58. The quantitative estimate of drug-likeness (QED) is 0.134. The zero-order chi connectivity index (χ0) is 31.6. The van der Waals surface area contributed by atoms with E-state index in [0.717, 1.165) is 49.7 Å². The molecule has 4 aromatic rings. The van der Waals surface area contributed by atoms with Crippen LogP contribution >= 0.6 is 11.8 Å². The fourth-order valence-electron chi connectivity index (χ4n) is 5.18. The molecule has 1 saturated heterocycles. The molecular formula is C36H39N3O5S. The average molecular weight is 626 g/mol. The molecular weight excluding hydrogens is 586 g/mol. The number of aliphatic hydroxyl groups excluding tert-OH is 1. The van der Waals surface area contributed by atoms with E-state index in [-0.39, 0.29) is 30.8 Å². The molecule has 4 aromatic carbocycles. The molecule has 1 fully saturated rings. The summed E-state index contributed by atoms with van der Waals surface area (Å²) in [5, 5.41) is 18.0. The largest absolute Gasteiger partial charge is 0.392 e. The van der Waals surface area contributed by atoms with Crippen LogP contribution in [-0.2, 0) is 27.4 Å². The second-order valence-corrected chi connectivity index (χ2v) is 12.0. The van der Waals surface area contributed by atoms with Gasteiger partial charge in [0.1, 0.15) is 0 Å². The third-order valence-electron chi connectivity index (χ3n) is 7.44. The van der Waals surface area contributed by atoms with Crippen molar-refractivity contribution in [1.29, 1.82) is 0 Å². The highest BCUT2D eigenvalue weighted by Gasteiger charge is 2.32. The molecule has 5 rings (SSSR count). The Labute approximate surface area is 268 Å². The predicted octanol–water partition coefficient (Wildman–Crippen LogP) is 6.96. The van der Waals surface area contributed by atoms with Crippen molar-refractivity contribution in [2.24, 2.45) is 0 Å². The Hall–Kier alpha value is -4.15. The smallest absolute Gasteiger partial charge is 0.315 e. The Morgan fingerprint density at radius 3 is 2.29 bits per heavy atom. The maximum atomic E-state index is 11.9. The number of aliphatic hydroxyl groups is 1. The number of hydrogen-bond donors (Lipinski definition) is 4. The molecule has 4 N–H and O–H groups in total. The maximum Gasteiger partial charge on any atom is 0.315 e. The molecule has 3 amide bonds. The van der Waals surface area contributed by atoms with Gasteiger partial charge in [-0.2, -0.15) is 0 Å². The van der Waals surface area contributed by atoms with Gasteiger partial charge in [-0.1, -0.05) is 60.7 Å². The molecule has 0 unspecified atom stereocenters. The van der Waals surface area contributed by atoms with E-state index in [2.05, 4.69) is 40.2 Å². The van der Waals surface area contributed by atoms with E-state index in [4.69, 9.17) is 9.47 Å². The van der Waals surface area contributed by atoms with Crippen LogP contribution in [0.5, 0.6) is 0 Å². The number of rotatable bonds is 11. The van der Waals surface area contributed by atoms with Crippen LogP contribution in [0.15, 0.2) is 102 Å². The van der Waals surface area contributed by atoms with Gasteiger partial charge >= 0.3 is 6.03 Å². The molecule has 0 saturated carbocycles. The van der Waals surface area contributed by atoms with E-state index in [1.54, 1.807) is 11.8 Å². The number of urea groups is 1. The van der Waals surface area contributed by atoms with Gasteiger partial charge in [-0.3, -0.25) is 4.79 Å². The molecule has 1 aliphatic rings. The Kier molecular flexibility index (Phi) is 11.3. The molecule has 0 aromatic heterocycles. The van der Waals surface area contributed by atoms with E-state index in [9.17, 15) is 14.7 Å². The predicted molar refractivity (Wildman–Crippen MR) is 178 cm³/mol. The van der Waals surface area contributed by atoms with E-state index in [1.807, 2.05) is 79.7 Å². The summed E-state index contributed by atoms with van der Waals surface area (Å²) >= 11 is 1.71. The Bertz CT molecular complexity index is 1580. The monoisotopic (exact) mass is 625 g/mol. The summed E-state index contributed by atoms with van der Waals surface area (Å²) in [7, 11) is 0. The number of amides is 3. The van der Waals surface area contributed by atoms with Gasteiger partial charge < -0.3 is 30.5 Å². The Morgan fingerprint density at radius 2 is 1.58 bits per heavy atom. The summed E-state index contributed by atoms with van der Waals surface area (Å²) in [5.41, 5.74) is 6.65. The highest BCUT2D eigenvalue weighted by atomic mass is 32.2. The minimum Gasteiger partial charge on any atom is -0.392 e. The van der Waals surface area contributed by atoms with Crippen LogP contribution in [0, 0.1) is 0 Å². The van der Waals surface area contributed by atoms with Crippen LogP contribution in [0.2, 0.25) is 0 Å². The summed E-state index contributed by atoms with van der Waals surface area (Å²) in [6.07, 6.45) is -0.154. The zero-order valence-electron chi connectivity index (χ0n) is 25.5. The third kappa shape index (κ3) is 9.18. The summed E-state index contributed by atoms with van der Waals surface area (Å²) < 4.78 is 13.2. The van der Waals surface area contributed by atoms with E-state index < -0.39 is 6.29 Å². The molecule has 1 heterocycles. The summed E-state index contributed by atoms with van der Waals surface area (Å²) in [6.45, 7) is 4.38. The molecule has 0 aliphatic carbocycles. The van der Waals surface area contributed by atoms with Gasteiger partial charge in [0.2, 0.25) is 5.91 Å². The van der Waals surface area contributed by atoms with Gasteiger partial charge in [0.15, 0.2) is 6.29 Å². The first-order valence-corrected chi connectivity index (χ1v) is 16.1. The normalized spacial score (nSPS) is 17.8. The molecule has 9 heteroatoms. The fourth-order valence-corrected chi connectivity index (χ4v) is 6.10. The maximum absolute atomic E-state index is 11.9. The van der Waals surface area contributed by atoms with Crippen LogP contribution in [-0.4, -0.2) is 35.4 Å². The van der Waals surface area contributed by atoms with Gasteiger partial charge in [-0.05, 0) is 71.1 Å². The summed E-state index contributed by atoms with van der Waals surface area (Å²) in [5.74, 6) is 0.630. The minimum absolute atomic E-state index is 0.00643. The van der Waals surface area contributed by atoms with Gasteiger partial charge in [0, 0.05) is 48.3 Å². The van der Waals surface area contributed by atoms with Crippen molar-refractivity contribution < 1.29 is 24.2 Å². The van der Waals surface area contributed by atoms with Crippen LogP contribution in [0.25, 0.3) is 11.1 Å². The van der Waals surface area contributed by atoms with Gasteiger partial charge in [0.05, 0.1) is 18.8 Å². The number of thioether (sulfide) groups is 1. The number of anilines is 1. The average Bonchev–Trinajstić information content (AvgIpc) is 3.07. The minimum atomic E-state index is -0.573. The number of ether oxygens (including phenoxy) is 2. The lowest BCUT2D eigenvalue weighted by Crippen LogP contribution is -2.34. The lowest BCUT2D eigenvalue weighted by Gasteiger charge is -2.36. The number of carbonyl (C=O) groups is 2. The van der Waals surface area contributed by atoms with Crippen molar-refractivity contribution in [3.63, 3.8) is 0 Å². The number of carbonyl (C=O) groups excluding carboxylic acids is 2. The lowest BCUT2D eigenvalue weighted by atomic mass is 9.99. The molecule has 0 radical (unpaired) electrons. The van der Waals surface area contributed by atoms with Crippen molar-refractivity contribution in [2.45, 2.75) is 56.8 Å². The van der Waals surface area contributed by atoms with Crippen LogP contribution in [0.3, 0.4) is 0 Å². The van der Waals surface area contributed by atoms with Gasteiger partial charge in [0.25, 0.3) is 0 Å². The van der Waals surface area contributed by atoms with Crippen LogP contribution < -0.4 is 16.0 Å². The first-order chi connectivity index (χ1) is 21.9. The zero-order valence-corrected chi connectivity index (χ0v) is 26.3. The van der Waals surface area contributed by atoms with E-state index >= 15 is 0 Å². The van der Waals surface area contributed by atoms with E-state index in [0.29, 0.717) is 19.5 Å². The molecule has 3 atom stereocenters. The molecule has 234 valence electrons. The first-order valence-electron chi connectivity index (χ1n) is 15.1. The van der Waals surface area contributed by atoms with Crippen LogP contribution in [0.4, 0.5) is 10.5 Å². The number of benzene rings is 4. The molecule has 8 nitrogen and oxygen atoms in total. The molecule has 1 aliphatic heterocycles. The summed E-state index contributed by atoms with van der Waals surface area (Å²) in [6, 6.07) is 31.8. The number of hydrogen-bond acceptors (Lipinski definition) is 6. The standard InChI is InChI=1S/C36H39N3O5S/c1-3-37-36(42)38-21-26-6-4-7-28(18-26)29-8-5-9-30(19-29)35-43-32(20-34(44-35)27-12-10-25(22-40)11-13-27)23-45-33-16-14-31(15-17-33)39-24(2)41/h4-19,32,34-35,40H,3,20-23H2,1-2H3,(H,39,41)(H2,37,38,42)/t32-,34+,35+/m1/s1. The first kappa shape index (κ1) is 32.2. The van der Waals surface area contributed by atoms with Crippen LogP contribution in [0.1, 0.15) is 54.9 Å². The van der Waals surface area contributed by atoms with Crippen molar-refractivity contribution in [2.75, 3.05) is 17.6 Å². The second kappa shape index (κ2) is 15.7. The van der Waals surface area contributed by atoms with Crippen molar-refractivity contribution in [3.8, 4) is 11.1 Å². The van der Waals surface area contributed by atoms with E-state index in [1.165, 1.54) is 6.92 Å². The lowest BCUT2D eigenvalue weighted by molar-refractivity contribution is -0.245. The van der Waals surface area contributed by atoms with Crippen molar-refractivity contribution in [3.05, 3.63) is 119 Å². The number of nitrogens with one attached hydrogen (secondary N) is 3. The Morgan fingerprint density at radius 1 is 0.844 bits per heavy atom. The van der Waals surface area contributed by atoms with Crippen molar-refractivity contribution >= 4 is 29.4 Å². The summed E-state index contributed by atoms with van der Waals surface area (Å²) in [4.78, 5) is 24.3. The highest BCUT2D eigenvalue weighted by Crippen LogP contribution is 2.40.